The van der Waals surface area contributed by atoms with Crippen molar-refractivity contribution in [2.24, 2.45) is 0 Å². The minimum absolute atomic E-state index is 0.383. The Hall–Kier alpha value is -0.550. The summed E-state index contributed by atoms with van der Waals surface area (Å²) in [6.07, 6.45) is -3.41. The van der Waals surface area contributed by atoms with Crippen molar-refractivity contribution >= 4 is 15.9 Å². The van der Waals surface area contributed by atoms with Crippen LogP contribution in [0.4, 0.5) is 13.2 Å². The molecule has 1 aromatic carbocycles. The normalized spacial score (nSPS) is 17.2. The van der Waals surface area contributed by atoms with Crippen molar-refractivity contribution < 1.29 is 13.2 Å². The summed E-state index contributed by atoms with van der Waals surface area (Å²) in [5, 5.41) is 0. The molecule has 0 unspecified atom stereocenters. The zero-order valence-electron chi connectivity index (χ0n) is 8.52. The molecule has 0 radical (unpaired) electrons. The van der Waals surface area contributed by atoms with Crippen LogP contribution in [0.25, 0.3) is 0 Å². The average Bonchev–Trinajstić information content (AvgIpc) is 2.14. The predicted molar refractivity (Wildman–Crippen MR) is 59.2 cm³/mol. The van der Waals surface area contributed by atoms with Gasteiger partial charge in [0.2, 0.25) is 0 Å². The molecule has 2 rings (SSSR count). The highest BCUT2D eigenvalue weighted by Gasteiger charge is 2.31. The van der Waals surface area contributed by atoms with E-state index >= 15 is 0 Å². The van der Waals surface area contributed by atoms with Crippen molar-refractivity contribution in [2.45, 2.75) is 19.1 Å². The maximum atomic E-state index is 12.2. The lowest BCUT2D eigenvalue weighted by Crippen LogP contribution is -2.37. The molecule has 0 bridgehead atoms. The number of rotatable bonds is 1. The number of alkyl halides is 3. The fourth-order valence-electron chi connectivity index (χ4n) is 1.97. The molecule has 0 aromatic heterocycles. The number of nitrogens with zero attached hydrogens (tertiary/aromatic N) is 1. The second-order valence-corrected chi connectivity index (χ2v) is 4.90. The molecule has 1 nitrogen and oxygen atoms in total. The van der Waals surface area contributed by atoms with Gasteiger partial charge in [0.15, 0.2) is 0 Å². The molecule has 5 heteroatoms. The highest BCUT2D eigenvalue weighted by molar-refractivity contribution is 9.10. The van der Waals surface area contributed by atoms with E-state index in [0.717, 1.165) is 15.6 Å². The molecule has 1 aliphatic heterocycles. The van der Waals surface area contributed by atoms with Gasteiger partial charge in [-0.2, -0.15) is 13.2 Å². The fourth-order valence-corrected chi connectivity index (χ4v) is 2.38. The van der Waals surface area contributed by atoms with Crippen LogP contribution < -0.4 is 0 Å². The van der Waals surface area contributed by atoms with E-state index in [1.54, 1.807) is 0 Å². The Balaban J connectivity index is 2.11. The summed E-state index contributed by atoms with van der Waals surface area (Å²) < 4.78 is 37.7. The van der Waals surface area contributed by atoms with Gasteiger partial charge in [0.1, 0.15) is 0 Å². The van der Waals surface area contributed by atoms with Crippen molar-refractivity contribution in [2.75, 3.05) is 13.1 Å². The van der Waals surface area contributed by atoms with Crippen LogP contribution in [0.1, 0.15) is 11.1 Å². The standard InChI is InChI=1S/C11H11BrF3N/c12-10-2-1-8-3-4-16(6-9(8)5-10)7-11(13,14)15/h1-2,5H,3-4,6-7H2. The lowest BCUT2D eigenvalue weighted by atomic mass is 10.00. The SMILES string of the molecule is FC(F)(F)CN1CCc2ccc(Br)cc2C1. The Kier molecular flexibility index (Phi) is 3.26. The summed E-state index contributed by atoms with van der Waals surface area (Å²) in [4.78, 5) is 1.44. The Bertz CT molecular complexity index is 389. The van der Waals surface area contributed by atoms with Crippen LogP contribution in [0.15, 0.2) is 22.7 Å². The number of hydrogen-bond acceptors (Lipinski definition) is 1. The quantitative estimate of drug-likeness (QED) is 0.767. The van der Waals surface area contributed by atoms with Crippen molar-refractivity contribution in [1.82, 2.24) is 4.90 Å². The second kappa shape index (κ2) is 4.37. The molecule has 0 N–H and O–H groups in total. The highest BCUT2D eigenvalue weighted by atomic mass is 79.9. The van der Waals surface area contributed by atoms with E-state index in [-0.39, 0.29) is 0 Å². The summed E-state index contributed by atoms with van der Waals surface area (Å²) in [5.74, 6) is 0. The third kappa shape index (κ3) is 2.98. The highest BCUT2D eigenvalue weighted by Crippen LogP contribution is 2.25. The zero-order valence-corrected chi connectivity index (χ0v) is 10.1. The summed E-state index contributed by atoms with van der Waals surface area (Å²) in [7, 11) is 0. The Morgan fingerprint density at radius 2 is 2.00 bits per heavy atom. The van der Waals surface area contributed by atoms with Crippen LogP contribution in [0.5, 0.6) is 0 Å². The molecule has 0 spiro atoms. The summed E-state index contributed by atoms with van der Waals surface area (Å²) in [5.41, 5.74) is 2.14. The topological polar surface area (TPSA) is 3.24 Å². The third-order valence-electron chi connectivity index (χ3n) is 2.66. The van der Waals surface area contributed by atoms with Crippen LogP contribution in [0, 0.1) is 0 Å². The van der Waals surface area contributed by atoms with Crippen LogP contribution in [0.2, 0.25) is 0 Å². The number of halogens is 4. The smallest absolute Gasteiger partial charge is 0.290 e. The van der Waals surface area contributed by atoms with Crippen molar-refractivity contribution in [3.05, 3.63) is 33.8 Å². The summed E-state index contributed by atoms with van der Waals surface area (Å²) in [6, 6.07) is 5.81. The molecule has 88 valence electrons. The first-order valence-corrected chi connectivity index (χ1v) is 5.80. The molecule has 0 aliphatic carbocycles. The molecule has 16 heavy (non-hydrogen) atoms. The molecular weight excluding hydrogens is 283 g/mol. The van der Waals surface area contributed by atoms with Crippen LogP contribution >= 0.6 is 15.9 Å². The Morgan fingerprint density at radius 3 is 2.69 bits per heavy atom. The average molecular weight is 294 g/mol. The fraction of sp³-hybridized carbons (Fsp3) is 0.455. The van der Waals surface area contributed by atoms with E-state index in [0.29, 0.717) is 19.5 Å². The minimum Gasteiger partial charge on any atom is -0.290 e. The molecule has 1 aliphatic rings. The van der Waals surface area contributed by atoms with Gasteiger partial charge >= 0.3 is 6.18 Å². The van der Waals surface area contributed by atoms with Crippen LogP contribution in [0.3, 0.4) is 0 Å². The van der Waals surface area contributed by atoms with Crippen LogP contribution in [-0.4, -0.2) is 24.2 Å². The Labute approximate surface area is 100 Å². The monoisotopic (exact) mass is 293 g/mol. The van der Waals surface area contributed by atoms with Crippen molar-refractivity contribution in [3.63, 3.8) is 0 Å². The minimum atomic E-state index is -4.11. The molecular formula is C11H11BrF3N. The van der Waals surface area contributed by atoms with E-state index in [2.05, 4.69) is 15.9 Å². The van der Waals surface area contributed by atoms with Gasteiger partial charge in [-0.15, -0.1) is 0 Å². The predicted octanol–water partition coefficient (Wildman–Crippen LogP) is 3.37. The molecule has 0 saturated heterocycles. The van der Waals surface area contributed by atoms with Gasteiger partial charge in [-0.1, -0.05) is 22.0 Å². The number of fused-ring (bicyclic) bond motifs is 1. The van der Waals surface area contributed by atoms with Gasteiger partial charge < -0.3 is 0 Å². The van der Waals surface area contributed by atoms with E-state index in [4.69, 9.17) is 0 Å². The molecule has 0 saturated carbocycles. The molecule has 0 amide bonds. The van der Waals surface area contributed by atoms with Gasteiger partial charge in [-0.05, 0) is 29.7 Å². The number of benzene rings is 1. The molecule has 0 atom stereocenters. The second-order valence-electron chi connectivity index (χ2n) is 3.99. The third-order valence-corrected chi connectivity index (χ3v) is 3.16. The maximum Gasteiger partial charge on any atom is 0.401 e. The number of hydrogen-bond donors (Lipinski definition) is 0. The lowest BCUT2D eigenvalue weighted by molar-refractivity contribution is -0.147. The Morgan fingerprint density at radius 1 is 1.25 bits per heavy atom. The van der Waals surface area contributed by atoms with Gasteiger partial charge in [-0.3, -0.25) is 4.90 Å². The first-order valence-electron chi connectivity index (χ1n) is 5.00. The lowest BCUT2D eigenvalue weighted by Gasteiger charge is -2.29. The van der Waals surface area contributed by atoms with Gasteiger partial charge in [0, 0.05) is 17.6 Å². The van der Waals surface area contributed by atoms with Gasteiger partial charge in [-0.25, -0.2) is 0 Å². The molecule has 1 aromatic rings. The molecule has 0 fully saturated rings. The van der Waals surface area contributed by atoms with Gasteiger partial charge in [0.25, 0.3) is 0 Å². The van der Waals surface area contributed by atoms with Crippen molar-refractivity contribution in [3.8, 4) is 0 Å². The summed E-state index contributed by atoms with van der Waals surface area (Å²) >= 11 is 3.33. The van der Waals surface area contributed by atoms with Gasteiger partial charge in [0.05, 0.1) is 6.54 Å². The van der Waals surface area contributed by atoms with Crippen molar-refractivity contribution in [1.29, 1.82) is 0 Å². The van der Waals surface area contributed by atoms with E-state index in [1.807, 2.05) is 18.2 Å². The van der Waals surface area contributed by atoms with Crippen LogP contribution in [-0.2, 0) is 13.0 Å². The summed E-state index contributed by atoms with van der Waals surface area (Å²) in [6.45, 7) is 0.0430. The van der Waals surface area contributed by atoms with E-state index in [9.17, 15) is 13.2 Å². The molecule has 1 heterocycles. The maximum absolute atomic E-state index is 12.2. The first kappa shape index (κ1) is 11.9. The largest absolute Gasteiger partial charge is 0.401 e. The van der Waals surface area contributed by atoms with E-state index in [1.165, 1.54) is 4.90 Å². The first-order chi connectivity index (χ1) is 7.44. The zero-order chi connectivity index (χ0) is 11.8. The van der Waals surface area contributed by atoms with E-state index < -0.39 is 12.7 Å².